The summed E-state index contributed by atoms with van der Waals surface area (Å²) in [6.07, 6.45) is 1.35. The molecule has 27 heavy (non-hydrogen) atoms. The van der Waals surface area contributed by atoms with Gasteiger partial charge < -0.3 is 15.0 Å². The lowest BCUT2D eigenvalue weighted by atomic mass is 9.88. The molecule has 0 radical (unpaired) electrons. The minimum Gasteiger partial charge on any atom is -0.494 e. The van der Waals surface area contributed by atoms with Crippen molar-refractivity contribution in [1.29, 1.82) is 0 Å². The maximum atomic E-state index is 12.5. The van der Waals surface area contributed by atoms with Crippen LogP contribution in [0.1, 0.15) is 32.3 Å². The number of carbonyl (C=O) groups excluding carboxylic acids is 1. The molecule has 1 aromatic carbocycles. The fraction of sp³-hybridized carbons (Fsp3) is 0.450. The number of likely N-dealkylation sites (tertiary alicyclic amines) is 1. The van der Waals surface area contributed by atoms with Crippen LogP contribution < -0.4 is 15.6 Å². The maximum Gasteiger partial charge on any atom is 0.253 e. The molecule has 2 aliphatic rings. The lowest BCUT2D eigenvalue weighted by molar-refractivity contribution is -0.125. The Hall–Kier alpha value is -2.67. The van der Waals surface area contributed by atoms with Gasteiger partial charge in [-0.2, -0.15) is 0 Å². The summed E-state index contributed by atoms with van der Waals surface area (Å²) in [5, 5.41) is 3.77. The van der Waals surface area contributed by atoms with Crippen molar-refractivity contribution < 1.29 is 9.53 Å². The molecule has 0 unspecified atom stereocenters. The van der Waals surface area contributed by atoms with Gasteiger partial charge in [-0.05, 0) is 51.0 Å². The fourth-order valence-electron chi connectivity index (χ4n) is 3.95. The Bertz CT molecular complexity index is 971. The molecule has 0 aliphatic carbocycles. The van der Waals surface area contributed by atoms with Crippen molar-refractivity contribution in [3.05, 3.63) is 40.2 Å². The molecule has 1 spiro atoms. The third-order valence-electron chi connectivity index (χ3n) is 5.38. The number of amides is 1. The summed E-state index contributed by atoms with van der Waals surface area (Å²) in [6, 6.07) is 7.62. The van der Waals surface area contributed by atoms with Crippen molar-refractivity contribution in [2.75, 3.05) is 19.7 Å². The van der Waals surface area contributed by atoms with E-state index in [0.29, 0.717) is 31.8 Å². The normalized spacial score (nSPS) is 19.3. The van der Waals surface area contributed by atoms with Gasteiger partial charge in [-0.1, -0.05) is 0 Å². The highest BCUT2D eigenvalue weighted by Crippen LogP contribution is 2.30. The number of ether oxygens (including phenoxy) is 1. The average Bonchev–Trinajstić information content (AvgIpc) is 2.91. The molecule has 0 bridgehead atoms. The number of aliphatic imine (C=N–C) groups is 1. The molecule has 4 rings (SSSR count). The number of hydrogen-bond acceptors (Lipinski definition) is 5. The van der Waals surface area contributed by atoms with Crippen molar-refractivity contribution in [2.45, 2.75) is 38.8 Å². The van der Waals surface area contributed by atoms with Gasteiger partial charge in [-0.3, -0.25) is 19.5 Å². The summed E-state index contributed by atoms with van der Waals surface area (Å²) in [6.45, 7) is 6.41. The molecule has 2 aliphatic heterocycles. The Labute approximate surface area is 157 Å². The van der Waals surface area contributed by atoms with E-state index in [1.54, 1.807) is 0 Å². The summed E-state index contributed by atoms with van der Waals surface area (Å²) < 4.78 is 5.55. The van der Waals surface area contributed by atoms with Gasteiger partial charge in [0, 0.05) is 36.1 Å². The Morgan fingerprint density at radius 1 is 1.22 bits per heavy atom. The molecule has 0 atom stereocenters. The molecule has 1 amide bonds. The second kappa shape index (κ2) is 6.81. The van der Waals surface area contributed by atoms with Gasteiger partial charge in [0.2, 0.25) is 0 Å². The first-order valence-corrected chi connectivity index (χ1v) is 9.38. The van der Waals surface area contributed by atoms with Crippen LogP contribution in [0.15, 0.2) is 34.1 Å². The molecule has 2 aromatic rings. The third-order valence-corrected chi connectivity index (χ3v) is 5.38. The number of aromatic nitrogens is 1. The van der Waals surface area contributed by atoms with E-state index in [-0.39, 0.29) is 11.5 Å². The molecule has 2 N–H and O–H groups in total. The predicted octanol–water partition coefficient (Wildman–Crippen LogP) is 1.81. The fourth-order valence-corrected chi connectivity index (χ4v) is 3.95. The molecule has 1 saturated heterocycles. The monoisotopic (exact) mass is 368 g/mol. The predicted molar refractivity (Wildman–Crippen MR) is 104 cm³/mol. The van der Waals surface area contributed by atoms with Crippen LogP contribution in [0.5, 0.6) is 5.75 Å². The first-order valence-electron chi connectivity index (χ1n) is 9.38. The molecular weight excluding hydrogens is 344 g/mol. The molecular formula is C20H24N4O3. The van der Waals surface area contributed by atoms with Crippen LogP contribution in [0.4, 0.5) is 0 Å². The van der Waals surface area contributed by atoms with Gasteiger partial charge in [0.1, 0.15) is 17.1 Å². The number of nitrogens with one attached hydrogen (secondary N) is 2. The molecule has 0 saturated carbocycles. The molecule has 7 nitrogen and oxygen atoms in total. The topological polar surface area (TPSA) is 86.8 Å². The number of rotatable bonds is 4. The highest BCUT2D eigenvalue weighted by molar-refractivity contribution is 6.07. The number of benzene rings is 1. The molecule has 3 heterocycles. The second-order valence-electron chi connectivity index (χ2n) is 7.26. The molecule has 142 valence electrons. The SMILES string of the molecule is CCOc1ccc2[nH]c(=O)c(CN3CCC4(CC3)N=C(C)NC4=O)cc2c1. The number of fused-ring (bicyclic) bond motifs is 1. The highest BCUT2D eigenvalue weighted by atomic mass is 16.5. The Kier molecular flexibility index (Phi) is 4.47. The van der Waals surface area contributed by atoms with E-state index in [4.69, 9.17) is 4.74 Å². The summed E-state index contributed by atoms with van der Waals surface area (Å²) in [5.41, 5.74) is 0.849. The van der Waals surface area contributed by atoms with Crippen LogP contribution in [-0.4, -0.2) is 46.9 Å². The zero-order valence-corrected chi connectivity index (χ0v) is 15.7. The van der Waals surface area contributed by atoms with E-state index in [2.05, 4.69) is 20.2 Å². The summed E-state index contributed by atoms with van der Waals surface area (Å²) in [5.74, 6) is 1.50. The van der Waals surface area contributed by atoms with E-state index in [0.717, 1.165) is 35.3 Å². The van der Waals surface area contributed by atoms with Gasteiger partial charge >= 0.3 is 0 Å². The Morgan fingerprint density at radius 2 is 2.00 bits per heavy atom. The number of amidine groups is 1. The van der Waals surface area contributed by atoms with Crippen LogP contribution >= 0.6 is 0 Å². The van der Waals surface area contributed by atoms with Gasteiger partial charge in [0.05, 0.1) is 6.61 Å². The van der Waals surface area contributed by atoms with Crippen LogP contribution in [-0.2, 0) is 11.3 Å². The standard InChI is InChI=1S/C20H24N4O3/c1-3-27-16-4-5-17-14(11-16)10-15(18(25)22-17)12-24-8-6-20(7-9-24)19(26)21-13(2)23-20/h4-5,10-11H,3,6-9,12H2,1-2H3,(H,22,25)(H,21,23,26). The van der Waals surface area contributed by atoms with Crippen molar-refractivity contribution in [3.63, 3.8) is 0 Å². The molecule has 1 fully saturated rings. The lowest BCUT2D eigenvalue weighted by Gasteiger charge is -2.35. The number of carbonyl (C=O) groups is 1. The van der Waals surface area contributed by atoms with E-state index in [1.165, 1.54) is 0 Å². The largest absolute Gasteiger partial charge is 0.494 e. The van der Waals surface area contributed by atoms with E-state index < -0.39 is 5.54 Å². The van der Waals surface area contributed by atoms with Crippen molar-refractivity contribution >= 4 is 22.6 Å². The first-order chi connectivity index (χ1) is 13.0. The third kappa shape index (κ3) is 3.35. The van der Waals surface area contributed by atoms with Crippen LogP contribution in [0.2, 0.25) is 0 Å². The Balaban J connectivity index is 1.51. The lowest BCUT2D eigenvalue weighted by Crippen LogP contribution is -2.49. The summed E-state index contributed by atoms with van der Waals surface area (Å²) in [4.78, 5) is 34.4. The Morgan fingerprint density at radius 3 is 2.67 bits per heavy atom. The molecule has 7 heteroatoms. The van der Waals surface area contributed by atoms with Crippen molar-refractivity contribution in [1.82, 2.24) is 15.2 Å². The van der Waals surface area contributed by atoms with Crippen LogP contribution in [0.3, 0.4) is 0 Å². The van der Waals surface area contributed by atoms with Crippen molar-refractivity contribution in [2.24, 2.45) is 4.99 Å². The van der Waals surface area contributed by atoms with E-state index >= 15 is 0 Å². The minimum atomic E-state index is -0.608. The average molecular weight is 368 g/mol. The maximum absolute atomic E-state index is 12.5. The van der Waals surface area contributed by atoms with Crippen molar-refractivity contribution in [3.8, 4) is 5.75 Å². The van der Waals surface area contributed by atoms with E-state index in [1.807, 2.05) is 38.1 Å². The number of aromatic amines is 1. The van der Waals surface area contributed by atoms with Crippen LogP contribution in [0, 0.1) is 0 Å². The van der Waals surface area contributed by atoms with Gasteiger partial charge in [0.15, 0.2) is 0 Å². The smallest absolute Gasteiger partial charge is 0.253 e. The first kappa shape index (κ1) is 17.7. The second-order valence-corrected chi connectivity index (χ2v) is 7.26. The number of H-pyrrole nitrogens is 1. The summed E-state index contributed by atoms with van der Waals surface area (Å²) >= 11 is 0. The number of hydrogen-bond donors (Lipinski definition) is 2. The number of piperidine rings is 1. The van der Waals surface area contributed by atoms with E-state index in [9.17, 15) is 9.59 Å². The van der Waals surface area contributed by atoms with Gasteiger partial charge in [-0.15, -0.1) is 0 Å². The van der Waals surface area contributed by atoms with Gasteiger partial charge in [0.25, 0.3) is 11.5 Å². The minimum absolute atomic E-state index is 0.00616. The number of nitrogens with zero attached hydrogens (tertiary/aromatic N) is 2. The quantitative estimate of drug-likeness (QED) is 0.862. The molecule has 1 aromatic heterocycles. The number of pyridine rings is 1. The zero-order chi connectivity index (χ0) is 19.0. The van der Waals surface area contributed by atoms with Crippen LogP contribution in [0.25, 0.3) is 10.9 Å². The summed E-state index contributed by atoms with van der Waals surface area (Å²) in [7, 11) is 0. The highest BCUT2D eigenvalue weighted by Gasteiger charge is 2.44. The zero-order valence-electron chi connectivity index (χ0n) is 15.7. The van der Waals surface area contributed by atoms with Gasteiger partial charge in [-0.25, -0.2) is 0 Å².